The van der Waals surface area contributed by atoms with Crippen molar-refractivity contribution < 1.29 is 0 Å². The summed E-state index contributed by atoms with van der Waals surface area (Å²) in [5, 5.41) is 5.67. The highest BCUT2D eigenvalue weighted by atomic mass is 15.0. The number of fused-ring (bicyclic) bond motifs is 3. The zero-order valence-electron chi connectivity index (χ0n) is 15.5. The number of aromatic nitrogens is 1. The lowest BCUT2D eigenvalue weighted by Crippen LogP contribution is -2.39. The van der Waals surface area contributed by atoms with Gasteiger partial charge < -0.3 is 4.57 Å². The number of benzene rings is 1. The largest absolute Gasteiger partial charge is 0.310 e. The molecule has 0 N–H and O–H groups in total. The second-order valence-corrected chi connectivity index (χ2v) is 7.66. The maximum atomic E-state index is 2.47. The Balaban J connectivity index is 1.66. The monoisotopic (exact) mass is 339 g/mol. The van der Waals surface area contributed by atoms with Gasteiger partial charge >= 0.3 is 0 Å². The first-order valence-electron chi connectivity index (χ1n) is 9.90. The third kappa shape index (κ3) is 2.54. The van der Waals surface area contributed by atoms with Crippen LogP contribution in [0.4, 0.5) is 0 Å². The standard InChI is InChI=1S/C25H25N/c1-18-10-12-19(13-11-18)20-14-16-21(17-15-20)26-24-8-4-2-6-22(24)23-7-3-5-9-25(23)26/h6-10,12,14-17H,2-5,11,13H2,1H3. The number of nitrogens with zero attached hydrogens (tertiary/aromatic N) is 1. The molecule has 0 saturated heterocycles. The Morgan fingerprint density at radius 1 is 0.692 bits per heavy atom. The Bertz CT molecular complexity index is 1110. The average molecular weight is 339 g/mol. The molecule has 130 valence electrons. The summed E-state index contributed by atoms with van der Waals surface area (Å²) in [4.78, 5) is 0. The van der Waals surface area contributed by atoms with E-state index >= 15 is 0 Å². The van der Waals surface area contributed by atoms with Crippen molar-refractivity contribution in [2.75, 3.05) is 0 Å². The summed E-state index contributed by atoms with van der Waals surface area (Å²) in [5.41, 5.74) is 5.58. The molecule has 26 heavy (non-hydrogen) atoms. The van der Waals surface area contributed by atoms with Crippen LogP contribution in [-0.2, 0) is 0 Å². The van der Waals surface area contributed by atoms with Gasteiger partial charge in [-0.3, -0.25) is 0 Å². The van der Waals surface area contributed by atoms with Gasteiger partial charge in [-0.15, -0.1) is 0 Å². The van der Waals surface area contributed by atoms with Crippen molar-refractivity contribution in [3.05, 3.63) is 68.7 Å². The first-order valence-corrected chi connectivity index (χ1v) is 9.90. The molecule has 5 rings (SSSR count). The van der Waals surface area contributed by atoms with Crippen LogP contribution >= 0.6 is 0 Å². The SMILES string of the molecule is CC1=CC=C(c2ccc(-n3c4c(c5c3=CCCC=5)=CCCC=4)cc2)CC1. The lowest BCUT2D eigenvalue weighted by molar-refractivity contribution is 0.953. The minimum Gasteiger partial charge on any atom is -0.310 e. The molecule has 1 heterocycles. The molecule has 1 heteroatoms. The summed E-state index contributed by atoms with van der Waals surface area (Å²) in [6.07, 6.45) is 21.2. The summed E-state index contributed by atoms with van der Waals surface area (Å²) in [5.74, 6) is 0. The first-order chi connectivity index (χ1) is 12.8. The van der Waals surface area contributed by atoms with Crippen LogP contribution in [-0.4, -0.2) is 4.57 Å². The van der Waals surface area contributed by atoms with Gasteiger partial charge in [-0.1, -0.05) is 54.2 Å². The van der Waals surface area contributed by atoms with E-state index in [0.717, 1.165) is 32.1 Å². The zero-order valence-corrected chi connectivity index (χ0v) is 15.5. The molecule has 0 bridgehead atoms. The normalized spacial score (nSPS) is 18.2. The van der Waals surface area contributed by atoms with Gasteiger partial charge in [0.2, 0.25) is 0 Å². The van der Waals surface area contributed by atoms with Crippen molar-refractivity contribution in [3.63, 3.8) is 0 Å². The van der Waals surface area contributed by atoms with E-state index in [1.165, 1.54) is 50.0 Å². The molecule has 0 atom stereocenters. The number of hydrogen-bond donors (Lipinski definition) is 0. The van der Waals surface area contributed by atoms with Gasteiger partial charge in [0.25, 0.3) is 0 Å². The molecule has 0 aliphatic heterocycles. The molecular formula is C25H25N. The summed E-state index contributed by atoms with van der Waals surface area (Å²) < 4.78 is 2.47. The van der Waals surface area contributed by atoms with Gasteiger partial charge in [-0.2, -0.15) is 0 Å². The third-order valence-corrected chi connectivity index (χ3v) is 5.88. The molecule has 1 aromatic heterocycles. The minimum atomic E-state index is 1.15. The van der Waals surface area contributed by atoms with Crippen LogP contribution in [0.1, 0.15) is 51.0 Å². The Morgan fingerprint density at radius 2 is 1.31 bits per heavy atom. The molecule has 1 aromatic carbocycles. The van der Waals surface area contributed by atoms with Crippen molar-refractivity contribution in [2.24, 2.45) is 0 Å². The van der Waals surface area contributed by atoms with Crippen molar-refractivity contribution >= 4 is 29.9 Å². The van der Waals surface area contributed by atoms with E-state index in [4.69, 9.17) is 0 Å². The van der Waals surface area contributed by atoms with E-state index in [2.05, 4.69) is 72.2 Å². The maximum Gasteiger partial charge on any atom is 0.0497 e. The van der Waals surface area contributed by atoms with Gasteiger partial charge in [0.15, 0.2) is 0 Å². The third-order valence-electron chi connectivity index (χ3n) is 5.88. The first kappa shape index (κ1) is 15.7. The van der Waals surface area contributed by atoms with Crippen LogP contribution in [0.2, 0.25) is 0 Å². The van der Waals surface area contributed by atoms with E-state index in [0.29, 0.717) is 0 Å². The lowest BCUT2D eigenvalue weighted by atomic mass is 9.94. The molecule has 0 unspecified atom stereocenters. The molecule has 2 aromatic rings. The van der Waals surface area contributed by atoms with Crippen LogP contribution in [0.5, 0.6) is 0 Å². The molecule has 1 nitrogen and oxygen atoms in total. The van der Waals surface area contributed by atoms with Gasteiger partial charge in [-0.05, 0) is 68.7 Å². The molecule has 3 aliphatic carbocycles. The van der Waals surface area contributed by atoms with Crippen LogP contribution in [0.3, 0.4) is 0 Å². The molecule has 0 fully saturated rings. The number of allylic oxidation sites excluding steroid dienone is 4. The smallest absolute Gasteiger partial charge is 0.0497 e. The quantitative estimate of drug-likeness (QED) is 0.791. The van der Waals surface area contributed by atoms with Gasteiger partial charge in [0, 0.05) is 26.8 Å². The molecule has 3 aliphatic rings. The predicted molar refractivity (Wildman–Crippen MR) is 112 cm³/mol. The van der Waals surface area contributed by atoms with Crippen LogP contribution < -0.4 is 21.1 Å². The van der Waals surface area contributed by atoms with Gasteiger partial charge in [0.1, 0.15) is 0 Å². The Morgan fingerprint density at radius 3 is 1.88 bits per heavy atom. The van der Waals surface area contributed by atoms with Crippen molar-refractivity contribution in [1.82, 2.24) is 4.57 Å². The van der Waals surface area contributed by atoms with Crippen molar-refractivity contribution in [3.8, 4) is 5.69 Å². The van der Waals surface area contributed by atoms with Gasteiger partial charge in [-0.25, -0.2) is 0 Å². The highest BCUT2D eigenvalue weighted by Crippen LogP contribution is 2.26. The predicted octanol–water partition coefficient (Wildman–Crippen LogP) is 3.31. The summed E-state index contributed by atoms with van der Waals surface area (Å²) in [7, 11) is 0. The Hall–Kier alpha value is -2.54. The average Bonchev–Trinajstić information content (AvgIpc) is 3.03. The van der Waals surface area contributed by atoms with E-state index in [9.17, 15) is 0 Å². The fraction of sp³-hybridized carbons (Fsp3) is 0.280. The number of rotatable bonds is 2. The molecule has 0 amide bonds. The summed E-state index contributed by atoms with van der Waals surface area (Å²) in [6.45, 7) is 2.22. The topological polar surface area (TPSA) is 4.93 Å². The fourth-order valence-corrected chi connectivity index (χ4v) is 4.46. The highest BCUT2D eigenvalue weighted by molar-refractivity contribution is 5.69. The Labute approximate surface area is 154 Å². The van der Waals surface area contributed by atoms with E-state index < -0.39 is 0 Å². The Kier molecular flexibility index (Phi) is 3.81. The van der Waals surface area contributed by atoms with E-state index in [1.807, 2.05) is 0 Å². The number of hydrogen-bond acceptors (Lipinski definition) is 0. The second kappa shape index (κ2) is 6.32. The van der Waals surface area contributed by atoms with Crippen LogP contribution in [0.15, 0.2) is 42.0 Å². The molecular weight excluding hydrogens is 314 g/mol. The minimum absolute atomic E-state index is 1.15. The van der Waals surface area contributed by atoms with E-state index in [1.54, 1.807) is 0 Å². The van der Waals surface area contributed by atoms with Crippen LogP contribution in [0, 0.1) is 0 Å². The summed E-state index contributed by atoms with van der Waals surface area (Å²) >= 11 is 0. The summed E-state index contributed by atoms with van der Waals surface area (Å²) in [6, 6.07) is 9.20. The zero-order chi connectivity index (χ0) is 17.5. The fourth-order valence-electron chi connectivity index (χ4n) is 4.46. The molecule has 0 saturated carbocycles. The molecule has 0 radical (unpaired) electrons. The van der Waals surface area contributed by atoms with Gasteiger partial charge in [0.05, 0.1) is 0 Å². The second-order valence-electron chi connectivity index (χ2n) is 7.66. The van der Waals surface area contributed by atoms with Crippen molar-refractivity contribution in [2.45, 2.75) is 45.4 Å². The lowest BCUT2D eigenvalue weighted by Gasteiger charge is -2.14. The van der Waals surface area contributed by atoms with E-state index in [-0.39, 0.29) is 0 Å². The highest BCUT2D eigenvalue weighted by Gasteiger charge is 2.11. The van der Waals surface area contributed by atoms with Crippen LogP contribution in [0.25, 0.3) is 35.6 Å². The van der Waals surface area contributed by atoms with Crippen molar-refractivity contribution in [1.29, 1.82) is 0 Å². The maximum absolute atomic E-state index is 2.47. The molecule has 0 spiro atoms.